The van der Waals surface area contributed by atoms with Crippen LogP contribution in [0.5, 0.6) is 0 Å². The second-order valence-electron chi connectivity index (χ2n) is 8.12. The first-order chi connectivity index (χ1) is 16.3. The van der Waals surface area contributed by atoms with Crippen molar-refractivity contribution in [1.29, 1.82) is 0 Å². The Morgan fingerprint density at radius 1 is 0.912 bits per heavy atom. The van der Waals surface area contributed by atoms with Crippen LogP contribution in [0.25, 0.3) is 16.8 Å². The van der Waals surface area contributed by atoms with Crippen molar-refractivity contribution < 1.29 is 14.0 Å². The number of carbonyl (C=O) groups is 2. The highest BCUT2D eigenvalue weighted by Gasteiger charge is 2.19. The number of benzene rings is 3. The molecule has 0 fully saturated rings. The Balaban J connectivity index is 1.59. The molecule has 0 spiro atoms. The van der Waals surface area contributed by atoms with E-state index in [1.807, 2.05) is 38.1 Å². The number of nitrogens with one attached hydrogen (secondary N) is 2. The van der Waals surface area contributed by atoms with Crippen LogP contribution in [0.3, 0.4) is 0 Å². The minimum Gasteiger partial charge on any atom is -0.348 e. The van der Waals surface area contributed by atoms with E-state index in [2.05, 4.69) is 15.7 Å². The molecule has 0 atom stereocenters. The van der Waals surface area contributed by atoms with Crippen LogP contribution < -0.4 is 10.6 Å². The molecule has 3 aromatic carbocycles. The van der Waals surface area contributed by atoms with E-state index in [0.717, 1.165) is 11.1 Å². The SMILES string of the molecule is CC(=O)Nc1c(-c2ccc(F)cc2)c(C)nn1-c1ccc(C(=O)NCc2ccc(C)cc2)cc1. The Morgan fingerprint density at radius 3 is 2.18 bits per heavy atom. The third kappa shape index (κ3) is 5.04. The molecular formula is C27H25FN4O2. The lowest BCUT2D eigenvalue weighted by atomic mass is 10.1. The van der Waals surface area contributed by atoms with Gasteiger partial charge in [0.25, 0.3) is 5.91 Å². The van der Waals surface area contributed by atoms with Gasteiger partial charge in [0.15, 0.2) is 0 Å². The van der Waals surface area contributed by atoms with Crippen molar-refractivity contribution in [1.82, 2.24) is 15.1 Å². The van der Waals surface area contributed by atoms with Crippen LogP contribution in [0.15, 0.2) is 72.8 Å². The molecule has 0 radical (unpaired) electrons. The molecule has 0 aliphatic heterocycles. The number of aromatic nitrogens is 2. The summed E-state index contributed by atoms with van der Waals surface area (Å²) in [5.74, 6) is -0.297. The molecule has 172 valence electrons. The Hall–Kier alpha value is -4.26. The van der Waals surface area contributed by atoms with E-state index < -0.39 is 0 Å². The third-order valence-electron chi connectivity index (χ3n) is 5.44. The highest BCUT2D eigenvalue weighted by molar-refractivity contribution is 5.95. The highest BCUT2D eigenvalue weighted by atomic mass is 19.1. The molecule has 0 saturated heterocycles. The summed E-state index contributed by atoms with van der Waals surface area (Å²) in [6.45, 7) is 5.70. The maximum absolute atomic E-state index is 13.4. The van der Waals surface area contributed by atoms with E-state index in [4.69, 9.17) is 0 Å². The fourth-order valence-electron chi connectivity index (χ4n) is 3.70. The van der Waals surface area contributed by atoms with Crippen molar-refractivity contribution in [2.24, 2.45) is 0 Å². The fourth-order valence-corrected chi connectivity index (χ4v) is 3.70. The zero-order valence-corrected chi connectivity index (χ0v) is 19.2. The van der Waals surface area contributed by atoms with Crippen molar-refractivity contribution in [2.45, 2.75) is 27.3 Å². The van der Waals surface area contributed by atoms with Crippen molar-refractivity contribution in [3.05, 3.63) is 101 Å². The Bertz CT molecular complexity index is 1330. The van der Waals surface area contributed by atoms with Gasteiger partial charge in [-0.05, 0) is 61.4 Å². The predicted octanol–water partition coefficient (Wildman–Crippen LogP) is 5.18. The Labute approximate surface area is 197 Å². The van der Waals surface area contributed by atoms with Gasteiger partial charge in [0, 0.05) is 24.6 Å². The summed E-state index contributed by atoms with van der Waals surface area (Å²) in [6, 6.07) is 21.0. The molecule has 1 aromatic heterocycles. The van der Waals surface area contributed by atoms with Crippen molar-refractivity contribution in [3.8, 4) is 16.8 Å². The van der Waals surface area contributed by atoms with E-state index in [9.17, 15) is 14.0 Å². The number of carbonyl (C=O) groups excluding carboxylic acids is 2. The maximum atomic E-state index is 13.4. The summed E-state index contributed by atoms with van der Waals surface area (Å²) in [7, 11) is 0. The van der Waals surface area contributed by atoms with Crippen LogP contribution in [-0.4, -0.2) is 21.6 Å². The van der Waals surface area contributed by atoms with Gasteiger partial charge in [-0.1, -0.05) is 42.0 Å². The first kappa shape index (κ1) is 22.9. The lowest BCUT2D eigenvalue weighted by Gasteiger charge is -2.11. The van der Waals surface area contributed by atoms with Gasteiger partial charge in [-0.2, -0.15) is 5.10 Å². The van der Waals surface area contributed by atoms with Crippen molar-refractivity contribution in [2.75, 3.05) is 5.32 Å². The van der Waals surface area contributed by atoms with Crippen LogP contribution in [0.4, 0.5) is 10.2 Å². The summed E-state index contributed by atoms with van der Waals surface area (Å²) < 4.78 is 15.0. The van der Waals surface area contributed by atoms with Gasteiger partial charge in [0.2, 0.25) is 5.91 Å². The molecule has 7 heteroatoms. The lowest BCUT2D eigenvalue weighted by molar-refractivity contribution is -0.114. The van der Waals surface area contributed by atoms with Crippen molar-refractivity contribution in [3.63, 3.8) is 0 Å². The summed E-state index contributed by atoms with van der Waals surface area (Å²) in [6.07, 6.45) is 0. The number of aryl methyl sites for hydroxylation is 2. The van der Waals surface area contributed by atoms with Gasteiger partial charge in [-0.3, -0.25) is 9.59 Å². The zero-order valence-electron chi connectivity index (χ0n) is 19.2. The molecule has 4 rings (SSSR count). The third-order valence-corrected chi connectivity index (χ3v) is 5.44. The largest absolute Gasteiger partial charge is 0.348 e. The van der Waals surface area contributed by atoms with Crippen molar-refractivity contribution >= 4 is 17.6 Å². The van der Waals surface area contributed by atoms with Gasteiger partial charge in [-0.25, -0.2) is 9.07 Å². The standard InChI is InChI=1S/C27H25FN4O2/c1-17-4-6-20(7-5-17)16-29-27(34)22-10-14-24(15-11-22)32-26(30-19(3)33)25(18(2)31-32)21-8-12-23(28)13-9-21/h4-15H,16H2,1-3H3,(H,29,34)(H,30,33). The second kappa shape index (κ2) is 9.70. The van der Waals surface area contributed by atoms with Gasteiger partial charge >= 0.3 is 0 Å². The molecule has 4 aromatic rings. The molecular weight excluding hydrogens is 431 g/mol. The van der Waals surface area contributed by atoms with Gasteiger partial charge in [-0.15, -0.1) is 0 Å². The topological polar surface area (TPSA) is 76.0 Å². The molecule has 0 aliphatic rings. The molecule has 0 aliphatic carbocycles. The monoisotopic (exact) mass is 456 g/mol. The van der Waals surface area contributed by atoms with E-state index in [0.29, 0.717) is 34.9 Å². The molecule has 0 bridgehead atoms. The average molecular weight is 457 g/mol. The van der Waals surface area contributed by atoms with Crippen LogP contribution >= 0.6 is 0 Å². The maximum Gasteiger partial charge on any atom is 0.251 e. The van der Waals surface area contributed by atoms with Gasteiger partial charge in [0.05, 0.1) is 11.4 Å². The number of hydrogen-bond donors (Lipinski definition) is 2. The summed E-state index contributed by atoms with van der Waals surface area (Å²) in [5, 5.41) is 10.4. The van der Waals surface area contributed by atoms with Crippen LogP contribution in [0.2, 0.25) is 0 Å². The number of rotatable bonds is 6. The minimum absolute atomic E-state index is 0.183. The van der Waals surface area contributed by atoms with E-state index in [1.165, 1.54) is 24.6 Å². The van der Waals surface area contributed by atoms with E-state index >= 15 is 0 Å². The number of nitrogens with zero attached hydrogens (tertiary/aromatic N) is 2. The molecule has 2 amide bonds. The lowest BCUT2D eigenvalue weighted by Crippen LogP contribution is -2.22. The minimum atomic E-state index is -0.342. The Morgan fingerprint density at radius 2 is 1.56 bits per heavy atom. The molecule has 0 unspecified atom stereocenters. The second-order valence-corrected chi connectivity index (χ2v) is 8.12. The first-order valence-electron chi connectivity index (χ1n) is 10.9. The van der Waals surface area contributed by atoms with Crippen LogP contribution in [-0.2, 0) is 11.3 Å². The van der Waals surface area contributed by atoms with E-state index in [-0.39, 0.29) is 17.6 Å². The summed E-state index contributed by atoms with van der Waals surface area (Å²) >= 11 is 0. The molecule has 0 saturated carbocycles. The number of halogens is 1. The molecule has 34 heavy (non-hydrogen) atoms. The molecule has 2 N–H and O–H groups in total. The summed E-state index contributed by atoms with van der Waals surface area (Å²) in [5.41, 5.74) is 5.50. The fraction of sp³-hybridized carbons (Fsp3) is 0.148. The van der Waals surface area contributed by atoms with E-state index in [1.54, 1.807) is 41.1 Å². The van der Waals surface area contributed by atoms with Gasteiger partial charge < -0.3 is 10.6 Å². The zero-order chi connectivity index (χ0) is 24.2. The number of amides is 2. The number of hydrogen-bond acceptors (Lipinski definition) is 3. The molecule has 6 nitrogen and oxygen atoms in total. The highest BCUT2D eigenvalue weighted by Crippen LogP contribution is 2.33. The number of anilines is 1. The van der Waals surface area contributed by atoms with Gasteiger partial charge in [0.1, 0.15) is 11.6 Å². The average Bonchev–Trinajstić information content (AvgIpc) is 3.14. The molecule has 1 heterocycles. The first-order valence-corrected chi connectivity index (χ1v) is 10.9. The Kier molecular flexibility index (Phi) is 6.54. The van der Waals surface area contributed by atoms with Crippen LogP contribution in [0.1, 0.15) is 34.1 Å². The normalized spacial score (nSPS) is 10.7. The van der Waals surface area contributed by atoms with Crippen LogP contribution in [0, 0.1) is 19.7 Å². The predicted molar refractivity (Wildman–Crippen MR) is 130 cm³/mol. The smallest absolute Gasteiger partial charge is 0.251 e. The quantitative estimate of drug-likeness (QED) is 0.420. The summed E-state index contributed by atoms with van der Waals surface area (Å²) in [4.78, 5) is 24.5.